The summed E-state index contributed by atoms with van der Waals surface area (Å²) in [6.07, 6.45) is 1.66. The van der Waals surface area contributed by atoms with Crippen molar-refractivity contribution < 1.29 is 4.42 Å². The standard InChI is InChI=1S/C38H24N2OS/c1-2-8-25(9-3-1)26-15-19-28(20-16-26)33-24-34(40-38(39-33)35-13-7-23-41-35)29-21-17-27(18-22-29)30-11-6-12-32-31-10-4-5-14-36(31)42-37(30)32/h1-24H. The maximum atomic E-state index is 5.70. The fourth-order valence-electron chi connectivity index (χ4n) is 5.52. The first-order valence-electron chi connectivity index (χ1n) is 13.9. The number of aromatic nitrogens is 2. The molecule has 0 atom stereocenters. The molecule has 3 heterocycles. The van der Waals surface area contributed by atoms with Gasteiger partial charge in [-0.1, -0.05) is 115 Å². The number of fused-ring (bicyclic) bond motifs is 3. The number of furan rings is 1. The van der Waals surface area contributed by atoms with Crippen molar-refractivity contribution in [2.24, 2.45) is 0 Å². The monoisotopic (exact) mass is 556 g/mol. The van der Waals surface area contributed by atoms with Gasteiger partial charge in [0.2, 0.25) is 0 Å². The molecule has 0 N–H and O–H groups in total. The highest BCUT2D eigenvalue weighted by Crippen LogP contribution is 2.40. The first-order valence-corrected chi connectivity index (χ1v) is 14.7. The lowest BCUT2D eigenvalue weighted by Crippen LogP contribution is -1.95. The highest BCUT2D eigenvalue weighted by molar-refractivity contribution is 7.26. The van der Waals surface area contributed by atoms with Crippen molar-refractivity contribution in [3.05, 3.63) is 146 Å². The molecule has 5 aromatic carbocycles. The zero-order valence-electron chi connectivity index (χ0n) is 22.6. The summed E-state index contributed by atoms with van der Waals surface area (Å²) in [7, 11) is 0. The molecule has 8 aromatic rings. The average Bonchev–Trinajstić information content (AvgIpc) is 3.74. The zero-order chi connectivity index (χ0) is 27.9. The number of hydrogen-bond donors (Lipinski definition) is 0. The Morgan fingerprint density at radius 2 is 1.10 bits per heavy atom. The fraction of sp³-hybridized carbons (Fsp3) is 0. The van der Waals surface area contributed by atoms with Crippen LogP contribution in [0.4, 0.5) is 0 Å². The lowest BCUT2D eigenvalue weighted by molar-refractivity contribution is 0.577. The molecule has 198 valence electrons. The third-order valence-electron chi connectivity index (χ3n) is 7.65. The van der Waals surface area contributed by atoms with Gasteiger partial charge in [0.05, 0.1) is 17.7 Å². The van der Waals surface area contributed by atoms with Gasteiger partial charge in [-0.2, -0.15) is 0 Å². The Labute approximate surface area is 247 Å². The van der Waals surface area contributed by atoms with E-state index in [-0.39, 0.29) is 0 Å². The fourth-order valence-corrected chi connectivity index (χ4v) is 6.76. The molecule has 0 fully saturated rings. The molecule has 42 heavy (non-hydrogen) atoms. The van der Waals surface area contributed by atoms with E-state index in [1.165, 1.54) is 42.4 Å². The lowest BCUT2D eigenvalue weighted by Gasteiger charge is -2.10. The summed E-state index contributed by atoms with van der Waals surface area (Å²) in [4.78, 5) is 9.81. The van der Waals surface area contributed by atoms with Crippen LogP contribution < -0.4 is 0 Å². The molecule has 3 aromatic heterocycles. The van der Waals surface area contributed by atoms with Crippen LogP contribution in [0.5, 0.6) is 0 Å². The summed E-state index contributed by atoms with van der Waals surface area (Å²) < 4.78 is 8.32. The molecule has 0 saturated carbocycles. The van der Waals surface area contributed by atoms with Gasteiger partial charge in [-0.3, -0.25) is 0 Å². The van der Waals surface area contributed by atoms with E-state index in [1.807, 2.05) is 29.5 Å². The topological polar surface area (TPSA) is 38.9 Å². The molecule has 0 aliphatic carbocycles. The molecule has 0 amide bonds. The molecular weight excluding hydrogens is 532 g/mol. The minimum Gasteiger partial charge on any atom is -0.461 e. The van der Waals surface area contributed by atoms with Crippen LogP contribution in [0.3, 0.4) is 0 Å². The van der Waals surface area contributed by atoms with Crippen LogP contribution in [0.25, 0.3) is 76.5 Å². The van der Waals surface area contributed by atoms with E-state index < -0.39 is 0 Å². The molecule has 0 unspecified atom stereocenters. The van der Waals surface area contributed by atoms with Gasteiger partial charge in [0.25, 0.3) is 0 Å². The first-order chi connectivity index (χ1) is 20.8. The summed E-state index contributed by atoms with van der Waals surface area (Å²) in [6, 6.07) is 48.6. The van der Waals surface area contributed by atoms with E-state index in [4.69, 9.17) is 14.4 Å². The Hall–Kier alpha value is -5.32. The van der Waals surface area contributed by atoms with Gasteiger partial charge >= 0.3 is 0 Å². The summed E-state index contributed by atoms with van der Waals surface area (Å²) in [6.45, 7) is 0. The largest absolute Gasteiger partial charge is 0.461 e. The molecule has 0 aliphatic rings. The number of nitrogens with zero attached hydrogens (tertiary/aromatic N) is 2. The predicted molar refractivity (Wildman–Crippen MR) is 174 cm³/mol. The molecular formula is C38H24N2OS. The lowest BCUT2D eigenvalue weighted by atomic mass is 9.99. The molecule has 4 heteroatoms. The van der Waals surface area contributed by atoms with Crippen molar-refractivity contribution in [1.82, 2.24) is 9.97 Å². The SMILES string of the molecule is c1ccc(-c2ccc(-c3cc(-c4ccc(-c5cccc6c5sc5ccccc56)cc4)nc(-c4ccco4)n3)cc2)cc1. The second kappa shape index (κ2) is 10.3. The van der Waals surface area contributed by atoms with Crippen molar-refractivity contribution >= 4 is 31.5 Å². The van der Waals surface area contributed by atoms with Crippen molar-refractivity contribution in [3.63, 3.8) is 0 Å². The van der Waals surface area contributed by atoms with Gasteiger partial charge in [0.1, 0.15) is 0 Å². The van der Waals surface area contributed by atoms with Gasteiger partial charge in [0, 0.05) is 31.3 Å². The van der Waals surface area contributed by atoms with E-state index in [9.17, 15) is 0 Å². The van der Waals surface area contributed by atoms with Gasteiger partial charge in [-0.15, -0.1) is 11.3 Å². The van der Waals surface area contributed by atoms with Crippen LogP contribution in [0.1, 0.15) is 0 Å². The number of benzene rings is 5. The molecule has 3 nitrogen and oxygen atoms in total. The van der Waals surface area contributed by atoms with Crippen molar-refractivity contribution in [2.45, 2.75) is 0 Å². The third-order valence-corrected chi connectivity index (χ3v) is 8.87. The van der Waals surface area contributed by atoms with E-state index in [0.717, 1.165) is 22.5 Å². The molecule has 0 radical (unpaired) electrons. The van der Waals surface area contributed by atoms with Crippen LogP contribution in [0, 0.1) is 0 Å². The molecule has 0 spiro atoms. The van der Waals surface area contributed by atoms with Crippen molar-refractivity contribution in [1.29, 1.82) is 0 Å². The van der Waals surface area contributed by atoms with E-state index in [2.05, 4.69) is 121 Å². The minimum atomic E-state index is 0.568. The Bertz CT molecular complexity index is 2160. The maximum absolute atomic E-state index is 5.70. The van der Waals surface area contributed by atoms with Gasteiger partial charge < -0.3 is 4.42 Å². The zero-order valence-corrected chi connectivity index (χ0v) is 23.4. The number of hydrogen-bond acceptors (Lipinski definition) is 4. The quantitative estimate of drug-likeness (QED) is 0.212. The van der Waals surface area contributed by atoms with Crippen molar-refractivity contribution in [2.75, 3.05) is 0 Å². The summed E-state index contributed by atoms with van der Waals surface area (Å²) in [5.41, 5.74) is 8.56. The predicted octanol–water partition coefficient (Wildman–Crippen LogP) is 10.8. The van der Waals surface area contributed by atoms with E-state index >= 15 is 0 Å². The van der Waals surface area contributed by atoms with Crippen LogP contribution in [0.15, 0.2) is 150 Å². The number of thiophene rings is 1. The summed E-state index contributed by atoms with van der Waals surface area (Å²) >= 11 is 1.85. The minimum absolute atomic E-state index is 0.568. The normalized spacial score (nSPS) is 11.3. The van der Waals surface area contributed by atoms with E-state index in [0.29, 0.717) is 11.6 Å². The number of rotatable bonds is 5. The molecule has 0 aliphatic heterocycles. The van der Waals surface area contributed by atoms with Crippen molar-refractivity contribution in [3.8, 4) is 56.4 Å². The highest BCUT2D eigenvalue weighted by Gasteiger charge is 2.14. The highest BCUT2D eigenvalue weighted by atomic mass is 32.1. The summed E-state index contributed by atoms with van der Waals surface area (Å²) in [5, 5.41) is 2.62. The first kappa shape index (κ1) is 24.5. The van der Waals surface area contributed by atoms with Gasteiger partial charge in [-0.25, -0.2) is 9.97 Å². The Kier molecular flexibility index (Phi) is 5.98. The van der Waals surface area contributed by atoms with Crippen LogP contribution >= 0.6 is 11.3 Å². The molecule has 0 bridgehead atoms. The molecule has 0 saturated heterocycles. The Morgan fingerprint density at radius 3 is 1.81 bits per heavy atom. The third kappa shape index (κ3) is 4.39. The van der Waals surface area contributed by atoms with Gasteiger partial charge in [-0.05, 0) is 46.5 Å². The smallest absolute Gasteiger partial charge is 0.196 e. The maximum Gasteiger partial charge on any atom is 0.196 e. The summed E-state index contributed by atoms with van der Waals surface area (Å²) in [5.74, 6) is 1.21. The van der Waals surface area contributed by atoms with Gasteiger partial charge in [0.15, 0.2) is 11.6 Å². The second-order valence-electron chi connectivity index (χ2n) is 10.2. The average molecular weight is 557 g/mol. The van der Waals surface area contributed by atoms with E-state index in [1.54, 1.807) is 6.26 Å². The second-order valence-corrected chi connectivity index (χ2v) is 11.3. The molecule has 8 rings (SSSR count). The Balaban J connectivity index is 1.19. The van der Waals surface area contributed by atoms with Crippen LogP contribution in [0.2, 0.25) is 0 Å². The van der Waals surface area contributed by atoms with Crippen LogP contribution in [-0.2, 0) is 0 Å². The Morgan fingerprint density at radius 1 is 0.476 bits per heavy atom. The van der Waals surface area contributed by atoms with Crippen LogP contribution in [-0.4, -0.2) is 9.97 Å².